The van der Waals surface area contributed by atoms with E-state index in [-0.39, 0.29) is 16.4 Å². The van der Waals surface area contributed by atoms with Crippen molar-refractivity contribution in [3.8, 4) is 6.07 Å². The van der Waals surface area contributed by atoms with Gasteiger partial charge in [-0.25, -0.2) is 13.8 Å². The van der Waals surface area contributed by atoms with Crippen LogP contribution in [0.5, 0.6) is 0 Å². The molecule has 4 nitrogen and oxygen atoms in total. The van der Waals surface area contributed by atoms with E-state index < -0.39 is 24.4 Å². The lowest BCUT2D eigenvalue weighted by Crippen LogP contribution is -2.09. The number of nitriles is 1. The van der Waals surface area contributed by atoms with Gasteiger partial charge in [-0.15, -0.1) is 0 Å². The summed E-state index contributed by atoms with van der Waals surface area (Å²) in [5.41, 5.74) is -0.821. The number of esters is 1. The summed E-state index contributed by atoms with van der Waals surface area (Å²) in [5, 5.41) is 8.29. The zero-order valence-electron chi connectivity index (χ0n) is 8.71. The summed E-state index contributed by atoms with van der Waals surface area (Å²) in [7, 11) is 1.13. The van der Waals surface area contributed by atoms with Gasteiger partial charge >= 0.3 is 5.97 Å². The second-order valence-electron chi connectivity index (χ2n) is 3.03. The number of hydrogen-bond donors (Lipinski definition) is 0. The van der Waals surface area contributed by atoms with Crippen molar-refractivity contribution in [2.45, 2.75) is 12.8 Å². The summed E-state index contributed by atoms with van der Waals surface area (Å²) in [5.74, 6) is -0.708. The lowest BCUT2D eigenvalue weighted by atomic mass is 10.1. The van der Waals surface area contributed by atoms with Crippen molar-refractivity contribution in [3.63, 3.8) is 0 Å². The van der Waals surface area contributed by atoms with Crippen molar-refractivity contribution in [2.75, 3.05) is 7.11 Å². The van der Waals surface area contributed by atoms with Gasteiger partial charge in [0.05, 0.1) is 13.5 Å². The first-order chi connectivity index (χ1) is 7.99. The average Bonchev–Trinajstić information content (AvgIpc) is 2.30. The highest BCUT2D eigenvalue weighted by molar-refractivity contribution is 6.30. The monoisotopic (exact) mass is 260 g/mol. The van der Waals surface area contributed by atoms with E-state index in [9.17, 15) is 13.6 Å². The predicted molar refractivity (Wildman–Crippen MR) is 54.6 cm³/mol. The van der Waals surface area contributed by atoms with Crippen LogP contribution in [-0.2, 0) is 16.0 Å². The van der Waals surface area contributed by atoms with Crippen LogP contribution in [0.1, 0.15) is 23.2 Å². The molecule has 1 aromatic heterocycles. The van der Waals surface area contributed by atoms with E-state index in [1.807, 2.05) is 0 Å². The maximum atomic E-state index is 12.7. The van der Waals surface area contributed by atoms with Gasteiger partial charge in [0.2, 0.25) is 0 Å². The molecule has 0 saturated carbocycles. The number of alkyl halides is 2. The van der Waals surface area contributed by atoms with E-state index in [1.165, 1.54) is 0 Å². The molecule has 0 saturated heterocycles. The number of carbonyl (C=O) groups is 1. The molecule has 0 amide bonds. The van der Waals surface area contributed by atoms with Crippen molar-refractivity contribution in [3.05, 3.63) is 28.0 Å². The van der Waals surface area contributed by atoms with Crippen LogP contribution in [-0.4, -0.2) is 18.1 Å². The van der Waals surface area contributed by atoms with Gasteiger partial charge < -0.3 is 4.74 Å². The summed E-state index contributed by atoms with van der Waals surface area (Å²) in [4.78, 5) is 14.6. The molecule has 0 fully saturated rings. The Hall–Kier alpha value is -1.74. The third-order valence-electron chi connectivity index (χ3n) is 2.01. The van der Waals surface area contributed by atoms with Crippen molar-refractivity contribution < 1.29 is 18.3 Å². The van der Waals surface area contributed by atoms with E-state index in [1.54, 1.807) is 6.07 Å². The molecule has 0 atom stereocenters. The molecular weight excluding hydrogens is 254 g/mol. The van der Waals surface area contributed by atoms with E-state index in [2.05, 4.69) is 9.72 Å². The Labute approximate surface area is 101 Å². The standard InChI is InChI=1S/C10H7ClF2N2O2/c1-17-8(16)3-6-7(10(12)13)2-5(4-14)15-9(6)11/h2,10H,3H2,1H3. The highest BCUT2D eigenvalue weighted by Gasteiger charge is 2.20. The van der Waals surface area contributed by atoms with Crippen LogP contribution in [0.4, 0.5) is 8.78 Å². The Balaban J connectivity index is 3.27. The summed E-state index contributed by atoms with van der Waals surface area (Å²) < 4.78 is 29.8. The Morgan fingerprint density at radius 3 is 2.82 bits per heavy atom. The Bertz CT molecular complexity index is 486. The summed E-state index contributed by atoms with van der Waals surface area (Å²) in [6, 6.07) is 2.52. The first-order valence-electron chi connectivity index (χ1n) is 4.44. The zero-order valence-corrected chi connectivity index (χ0v) is 9.46. The van der Waals surface area contributed by atoms with E-state index >= 15 is 0 Å². The molecule has 90 valence electrons. The first kappa shape index (κ1) is 13.3. The van der Waals surface area contributed by atoms with Crippen LogP contribution in [0, 0.1) is 11.3 Å². The number of methoxy groups -OCH3 is 1. The summed E-state index contributed by atoms with van der Waals surface area (Å²) in [6.45, 7) is 0. The molecule has 0 N–H and O–H groups in total. The predicted octanol–water partition coefficient (Wildman–Crippen LogP) is 2.26. The third-order valence-corrected chi connectivity index (χ3v) is 2.32. The highest BCUT2D eigenvalue weighted by atomic mass is 35.5. The fraction of sp³-hybridized carbons (Fsp3) is 0.300. The van der Waals surface area contributed by atoms with E-state index in [0.717, 1.165) is 13.2 Å². The van der Waals surface area contributed by atoms with Gasteiger partial charge in [0, 0.05) is 11.1 Å². The fourth-order valence-electron chi connectivity index (χ4n) is 1.20. The van der Waals surface area contributed by atoms with Crippen LogP contribution >= 0.6 is 11.6 Å². The molecule has 1 heterocycles. The largest absolute Gasteiger partial charge is 0.469 e. The normalized spacial score (nSPS) is 10.1. The van der Waals surface area contributed by atoms with Crippen LogP contribution in [0.2, 0.25) is 5.15 Å². The van der Waals surface area contributed by atoms with Gasteiger partial charge in [-0.05, 0) is 6.07 Å². The molecule has 0 unspecified atom stereocenters. The number of halogens is 3. The van der Waals surface area contributed by atoms with Crippen molar-refractivity contribution in [1.82, 2.24) is 4.98 Å². The van der Waals surface area contributed by atoms with Gasteiger partial charge in [-0.2, -0.15) is 5.26 Å². The van der Waals surface area contributed by atoms with Crippen molar-refractivity contribution in [1.29, 1.82) is 5.26 Å². The summed E-state index contributed by atoms with van der Waals surface area (Å²) in [6.07, 6.45) is -3.25. The zero-order chi connectivity index (χ0) is 13.0. The molecule has 0 radical (unpaired) electrons. The smallest absolute Gasteiger partial charge is 0.310 e. The third kappa shape index (κ3) is 3.11. The Morgan fingerprint density at radius 2 is 2.35 bits per heavy atom. The minimum Gasteiger partial charge on any atom is -0.469 e. The Kier molecular flexibility index (Phi) is 4.35. The van der Waals surface area contributed by atoms with Gasteiger partial charge in [0.15, 0.2) is 0 Å². The van der Waals surface area contributed by atoms with Gasteiger partial charge in [0.1, 0.15) is 16.9 Å². The van der Waals surface area contributed by atoms with Crippen molar-refractivity contribution in [2.24, 2.45) is 0 Å². The molecule has 0 aliphatic carbocycles. The topological polar surface area (TPSA) is 63.0 Å². The number of aromatic nitrogens is 1. The van der Waals surface area contributed by atoms with Crippen molar-refractivity contribution >= 4 is 17.6 Å². The lowest BCUT2D eigenvalue weighted by Gasteiger charge is -2.09. The number of carbonyl (C=O) groups excluding carboxylic acids is 1. The van der Waals surface area contributed by atoms with Crippen LogP contribution in [0.25, 0.3) is 0 Å². The minimum absolute atomic E-state index is 0.118. The highest BCUT2D eigenvalue weighted by Crippen LogP contribution is 2.28. The molecule has 1 rings (SSSR count). The second-order valence-corrected chi connectivity index (χ2v) is 3.39. The summed E-state index contributed by atoms with van der Waals surface area (Å²) >= 11 is 5.66. The minimum atomic E-state index is -2.85. The molecule has 0 bridgehead atoms. The quantitative estimate of drug-likeness (QED) is 0.618. The van der Waals surface area contributed by atoms with Gasteiger partial charge in [0.25, 0.3) is 6.43 Å². The van der Waals surface area contributed by atoms with E-state index in [0.29, 0.717) is 0 Å². The van der Waals surface area contributed by atoms with Crippen LogP contribution in [0.15, 0.2) is 6.07 Å². The maximum Gasteiger partial charge on any atom is 0.310 e. The Morgan fingerprint density at radius 1 is 1.71 bits per heavy atom. The lowest BCUT2D eigenvalue weighted by molar-refractivity contribution is -0.139. The van der Waals surface area contributed by atoms with Gasteiger partial charge in [-0.1, -0.05) is 11.6 Å². The second kappa shape index (κ2) is 5.55. The maximum absolute atomic E-state index is 12.7. The SMILES string of the molecule is COC(=O)Cc1c(C(F)F)cc(C#N)nc1Cl. The number of rotatable bonds is 3. The number of nitrogens with zero attached hydrogens (tertiary/aromatic N) is 2. The molecule has 0 aliphatic heterocycles. The molecule has 17 heavy (non-hydrogen) atoms. The molecular formula is C10H7ClF2N2O2. The van der Waals surface area contributed by atoms with Gasteiger partial charge in [-0.3, -0.25) is 4.79 Å². The van der Waals surface area contributed by atoms with Crippen LogP contribution in [0.3, 0.4) is 0 Å². The number of hydrogen-bond acceptors (Lipinski definition) is 4. The first-order valence-corrected chi connectivity index (χ1v) is 4.81. The number of ether oxygens (including phenoxy) is 1. The molecule has 0 spiro atoms. The number of pyridine rings is 1. The molecule has 1 aromatic rings. The van der Waals surface area contributed by atoms with E-state index in [4.69, 9.17) is 16.9 Å². The molecule has 7 heteroatoms. The van der Waals surface area contributed by atoms with Crippen LogP contribution < -0.4 is 0 Å². The average molecular weight is 261 g/mol. The molecule has 0 aliphatic rings. The molecule has 0 aromatic carbocycles. The fourth-order valence-corrected chi connectivity index (χ4v) is 1.47.